The Morgan fingerprint density at radius 3 is 1.25 bits per heavy atom. The van der Waals surface area contributed by atoms with Crippen molar-refractivity contribution in [1.82, 2.24) is 5.32 Å². The van der Waals surface area contributed by atoms with E-state index >= 15 is 0 Å². The smallest absolute Gasteiger partial charge is 0.306 e. The molecule has 1 amide bonds. The quantitative estimate of drug-likeness (QED) is 0.0212. The summed E-state index contributed by atoms with van der Waals surface area (Å²) in [5.74, 6) is -0.597. The van der Waals surface area contributed by atoms with E-state index in [2.05, 4.69) is 111 Å². The summed E-state index contributed by atoms with van der Waals surface area (Å²) in [7, 11) is 1.14. The summed E-state index contributed by atoms with van der Waals surface area (Å²) in [5, 5.41) is 3.01. The van der Waals surface area contributed by atoms with Crippen molar-refractivity contribution in [2.75, 3.05) is 40.9 Å². The van der Waals surface area contributed by atoms with E-state index in [4.69, 9.17) is 13.8 Å². The summed E-state index contributed by atoms with van der Waals surface area (Å²) in [6.07, 6.45) is 72.3. The van der Waals surface area contributed by atoms with Crippen LogP contribution in [0.2, 0.25) is 0 Å². The van der Waals surface area contributed by atoms with Gasteiger partial charge in [0.15, 0.2) is 0 Å². The van der Waals surface area contributed by atoms with Gasteiger partial charge in [-0.2, -0.15) is 0 Å². The van der Waals surface area contributed by atoms with Crippen molar-refractivity contribution in [3.8, 4) is 0 Å². The Morgan fingerprint density at radius 2 is 0.813 bits per heavy atom. The minimum absolute atomic E-state index is 0.0351. The van der Waals surface area contributed by atoms with Crippen LogP contribution in [-0.2, 0) is 27.9 Å². The zero-order valence-electron chi connectivity index (χ0n) is 49.2. The normalized spacial score (nSPS) is 14.4. The first-order valence-electron chi connectivity index (χ1n) is 30.5. The number of quaternary nitrogens is 1. The first-order chi connectivity index (χ1) is 36.4. The van der Waals surface area contributed by atoms with Gasteiger partial charge >= 0.3 is 5.97 Å². The Morgan fingerprint density at radius 1 is 0.467 bits per heavy atom. The molecule has 10 heteroatoms. The number of carbonyl (C=O) groups excluding carboxylic acids is 2. The number of amides is 1. The van der Waals surface area contributed by atoms with Crippen molar-refractivity contribution in [3.05, 3.63) is 97.2 Å². The molecule has 432 valence electrons. The summed E-state index contributed by atoms with van der Waals surface area (Å²) in [4.78, 5) is 39.9. The van der Waals surface area contributed by atoms with Crippen LogP contribution in [0.25, 0.3) is 0 Å². The highest BCUT2D eigenvalue weighted by Crippen LogP contribution is 2.38. The van der Waals surface area contributed by atoms with Gasteiger partial charge in [-0.15, -0.1) is 0 Å². The Balaban J connectivity index is 5.34. The molecule has 0 aromatic carbocycles. The maximum atomic E-state index is 13.5. The van der Waals surface area contributed by atoms with Gasteiger partial charge in [0.25, 0.3) is 7.82 Å². The molecule has 0 rings (SSSR count). The van der Waals surface area contributed by atoms with Gasteiger partial charge in [-0.25, -0.2) is 0 Å². The maximum absolute atomic E-state index is 13.5. The fraction of sp³-hybridized carbons (Fsp3) is 0.723. The number of phosphoric acid groups is 1. The minimum atomic E-state index is -4.71. The molecule has 0 aliphatic rings. The number of unbranched alkanes of at least 4 members (excludes halogenated alkanes) is 24. The average molecular weight is 1070 g/mol. The van der Waals surface area contributed by atoms with Crippen LogP contribution in [0, 0.1) is 0 Å². The minimum Gasteiger partial charge on any atom is -0.756 e. The van der Waals surface area contributed by atoms with Crippen molar-refractivity contribution in [3.63, 3.8) is 0 Å². The molecule has 0 spiro atoms. The molecule has 1 N–H and O–H groups in total. The Kier molecular flexibility index (Phi) is 52.1. The van der Waals surface area contributed by atoms with E-state index in [1.165, 1.54) is 96.3 Å². The molecule has 0 fully saturated rings. The maximum Gasteiger partial charge on any atom is 0.306 e. The molecule has 0 saturated heterocycles. The standard InChI is InChI=1S/C65H115N2O7P/c1-7-10-13-16-19-22-25-27-29-31-33-35-37-39-42-45-48-51-54-57-64(68)66-62(61-73-75(70,71)72-60-59-67(4,5)6)63(56-53-50-47-44-41-24-21-18-15-12-9-3)74-65(69)58-55-52-49-46-43-40-38-36-34-32-30-28-26-23-20-17-14-11-8-2/h19-20,22-23,27-30,33-36,40,43,53,56,62-63H,7-18,21,24-26,31-32,37-39,41-42,44-52,54-55,57-61H2,1-6H3,(H-,66,68,70,71)/b22-19-,23-20-,29-27-,30-28-,35-33-,36-34-,43-40-,56-53+. The van der Waals surface area contributed by atoms with E-state index in [0.717, 1.165) is 109 Å². The van der Waals surface area contributed by atoms with E-state index in [-0.39, 0.29) is 24.9 Å². The molecule has 0 radical (unpaired) electrons. The van der Waals surface area contributed by atoms with Crippen molar-refractivity contribution in [2.24, 2.45) is 0 Å². The molecule has 0 aliphatic heterocycles. The van der Waals surface area contributed by atoms with E-state index < -0.39 is 26.6 Å². The number of nitrogens with one attached hydrogen (secondary N) is 1. The second-order valence-electron chi connectivity index (χ2n) is 21.5. The molecule has 0 bridgehead atoms. The largest absolute Gasteiger partial charge is 0.756 e. The number of ether oxygens (including phenoxy) is 1. The lowest BCUT2D eigenvalue weighted by atomic mass is 10.1. The highest BCUT2D eigenvalue weighted by Gasteiger charge is 2.27. The number of phosphoric ester groups is 1. The van der Waals surface area contributed by atoms with Gasteiger partial charge in [0.1, 0.15) is 19.3 Å². The summed E-state index contributed by atoms with van der Waals surface area (Å²) in [6.45, 7) is 6.74. The van der Waals surface area contributed by atoms with Crippen LogP contribution in [0.15, 0.2) is 97.2 Å². The number of rotatable bonds is 54. The van der Waals surface area contributed by atoms with E-state index in [0.29, 0.717) is 30.3 Å². The lowest BCUT2D eigenvalue weighted by Crippen LogP contribution is -2.47. The zero-order valence-corrected chi connectivity index (χ0v) is 50.1. The Hall–Kier alpha value is -3.07. The third kappa shape index (κ3) is 55.5. The molecule has 0 saturated carbocycles. The van der Waals surface area contributed by atoms with Gasteiger partial charge in [-0.1, -0.05) is 221 Å². The van der Waals surface area contributed by atoms with Crippen LogP contribution in [0.4, 0.5) is 0 Å². The van der Waals surface area contributed by atoms with Crippen LogP contribution in [0.1, 0.15) is 252 Å². The van der Waals surface area contributed by atoms with Crippen LogP contribution in [0.3, 0.4) is 0 Å². The molecule has 9 nitrogen and oxygen atoms in total. The second kappa shape index (κ2) is 54.3. The molecule has 3 atom stereocenters. The molecule has 75 heavy (non-hydrogen) atoms. The summed E-state index contributed by atoms with van der Waals surface area (Å²) in [5.41, 5.74) is 0. The van der Waals surface area contributed by atoms with Crippen molar-refractivity contribution in [1.29, 1.82) is 0 Å². The van der Waals surface area contributed by atoms with E-state index in [1.807, 2.05) is 33.3 Å². The van der Waals surface area contributed by atoms with E-state index in [1.54, 1.807) is 0 Å². The summed E-state index contributed by atoms with van der Waals surface area (Å²) < 4.78 is 30.2. The number of allylic oxidation sites excluding steroid dienone is 15. The number of carbonyl (C=O) groups is 2. The zero-order chi connectivity index (χ0) is 55.0. The van der Waals surface area contributed by atoms with Crippen molar-refractivity contribution < 1.29 is 37.3 Å². The first-order valence-corrected chi connectivity index (χ1v) is 32.0. The molecular formula is C65H115N2O7P. The Labute approximate surface area is 462 Å². The van der Waals surface area contributed by atoms with Crippen LogP contribution in [-0.4, -0.2) is 69.4 Å². The molecule has 0 heterocycles. The number of nitrogens with zero attached hydrogens (tertiary/aromatic N) is 1. The highest BCUT2D eigenvalue weighted by molar-refractivity contribution is 7.45. The monoisotopic (exact) mass is 1070 g/mol. The number of esters is 1. The van der Waals surface area contributed by atoms with Gasteiger partial charge in [0.05, 0.1) is 33.8 Å². The van der Waals surface area contributed by atoms with Crippen LogP contribution >= 0.6 is 7.82 Å². The third-order valence-electron chi connectivity index (χ3n) is 13.0. The number of hydrogen-bond acceptors (Lipinski definition) is 7. The fourth-order valence-electron chi connectivity index (χ4n) is 8.22. The van der Waals surface area contributed by atoms with E-state index in [9.17, 15) is 19.0 Å². The van der Waals surface area contributed by atoms with Gasteiger partial charge < -0.3 is 28.5 Å². The second-order valence-corrected chi connectivity index (χ2v) is 22.9. The summed E-state index contributed by atoms with van der Waals surface area (Å²) >= 11 is 0. The van der Waals surface area contributed by atoms with Crippen molar-refractivity contribution in [2.45, 2.75) is 264 Å². The molecule has 0 aromatic rings. The number of hydrogen-bond donors (Lipinski definition) is 1. The number of likely N-dealkylation sites (N-methyl/N-ethyl adjacent to an activating group) is 1. The summed E-state index contributed by atoms with van der Waals surface area (Å²) in [6, 6.07) is -0.914. The SMILES string of the molecule is CCCCC/C=C\C/C=C\C/C=C\C/C=C\CCCCCC(=O)OC(/C=C/CCCCCCCCCCC)C(COP(=O)([O-])OCC[N+](C)(C)C)NC(=O)CCCCCCCC/C=C\C/C=C\C/C=C\CCCCC. The van der Waals surface area contributed by atoms with Gasteiger partial charge in [-0.05, 0) is 115 Å². The lowest BCUT2D eigenvalue weighted by Gasteiger charge is -2.30. The molecule has 0 aliphatic carbocycles. The predicted octanol–water partition coefficient (Wildman–Crippen LogP) is 18.1. The van der Waals surface area contributed by atoms with Crippen molar-refractivity contribution >= 4 is 19.7 Å². The van der Waals surface area contributed by atoms with Crippen LogP contribution < -0.4 is 10.2 Å². The van der Waals surface area contributed by atoms with Gasteiger partial charge in [0.2, 0.25) is 5.91 Å². The Bertz CT molecular complexity index is 1610. The predicted molar refractivity (Wildman–Crippen MR) is 321 cm³/mol. The van der Waals surface area contributed by atoms with Gasteiger partial charge in [-0.3, -0.25) is 14.2 Å². The topological polar surface area (TPSA) is 114 Å². The first kappa shape index (κ1) is 71.9. The van der Waals surface area contributed by atoms with Gasteiger partial charge in [0, 0.05) is 12.8 Å². The molecule has 0 aromatic heterocycles. The molecule has 3 unspecified atom stereocenters. The van der Waals surface area contributed by atoms with Crippen LogP contribution in [0.5, 0.6) is 0 Å². The lowest BCUT2D eigenvalue weighted by molar-refractivity contribution is -0.870. The average Bonchev–Trinajstić information content (AvgIpc) is 3.37. The highest BCUT2D eigenvalue weighted by atomic mass is 31.2. The third-order valence-corrected chi connectivity index (χ3v) is 14.0. The molecular weight excluding hydrogens is 952 g/mol. The fourth-order valence-corrected chi connectivity index (χ4v) is 8.94.